The molecule has 4 nitrogen and oxygen atoms in total. The Bertz CT molecular complexity index is 482. The van der Waals surface area contributed by atoms with E-state index in [4.69, 9.17) is 10.00 Å². The van der Waals surface area contributed by atoms with Gasteiger partial charge in [-0.3, -0.25) is 4.79 Å². The zero-order valence-corrected chi connectivity index (χ0v) is 11.2. The van der Waals surface area contributed by atoms with Gasteiger partial charge < -0.3 is 10.1 Å². The van der Waals surface area contributed by atoms with E-state index in [0.29, 0.717) is 23.4 Å². The van der Waals surface area contributed by atoms with E-state index in [2.05, 4.69) is 5.32 Å². The van der Waals surface area contributed by atoms with Gasteiger partial charge in [0.2, 0.25) is 5.91 Å². The Morgan fingerprint density at radius 1 is 1.44 bits per heavy atom. The summed E-state index contributed by atoms with van der Waals surface area (Å²) in [6.45, 7) is 6.01. The summed E-state index contributed by atoms with van der Waals surface area (Å²) in [6, 6.07) is 6.96. The van der Waals surface area contributed by atoms with Crippen molar-refractivity contribution in [2.75, 3.05) is 12.4 Å². The Labute approximate surface area is 108 Å². The van der Waals surface area contributed by atoms with E-state index in [-0.39, 0.29) is 11.3 Å². The van der Waals surface area contributed by atoms with Crippen molar-refractivity contribution in [1.82, 2.24) is 0 Å². The molecule has 0 saturated heterocycles. The fourth-order valence-corrected chi connectivity index (χ4v) is 1.54. The standard InChI is InChI=1S/C14H18N2O2/c1-14(2,3)8-13(17)16-11-6-5-10(9-15)7-12(11)18-4/h5-7H,8H2,1-4H3,(H,16,17). The summed E-state index contributed by atoms with van der Waals surface area (Å²) in [5.74, 6) is 0.432. The molecular weight excluding hydrogens is 228 g/mol. The minimum atomic E-state index is -0.0656. The van der Waals surface area contributed by atoms with Crippen molar-refractivity contribution in [2.24, 2.45) is 5.41 Å². The van der Waals surface area contributed by atoms with Crippen LogP contribution in [0.3, 0.4) is 0 Å². The van der Waals surface area contributed by atoms with Crippen LogP contribution in [0.1, 0.15) is 32.8 Å². The Kier molecular flexibility index (Phi) is 4.33. The van der Waals surface area contributed by atoms with Crippen LogP contribution in [0.15, 0.2) is 18.2 Å². The van der Waals surface area contributed by atoms with Crippen molar-refractivity contribution in [2.45, 2.75) is 27.2 Å². The number of nitrogens with one attached hydrogen (secondary N) is 1. The number of hydrogen-bond acceptors (Lipinski definition) is 3. The molecule has 0 aliphatic heterocycles. The van der Waals surface area contributed by atoms with Gasteiger partial charge in [0.1, 0.15) is 5.75 Å². The van der Waals surface area contributed by atoms with Crippen LogP contribution >= 0.6 is 0 Å². The average Bonchev–Trinajstić information content (AvgIpc) is 2.27. The number of benzene rings is 1. The molecule has 0 aliphatic carbocycles. The number of anilines is 1. The maximum Gasteiger partial charge on any atom is 0.224 e. The zero-order valence-electron chi connectivity index (χ0n) is 11.2. The molecule has 0 bridgehead atoms. The third kappa shape index (κ3) is 4.10. The largest absolute Gasteiger partial charge is 0.495 e. The third-order valence-electron chi connectivity index (χ3n) is 2.30. The summed E-state index contributed by atoms with van der Waals surface area (Å²) in [7, 11) is 1.51. The fourth-order valence-electron chi connectivity index (χ4n) is 1.54. The Balaban J connectivity index is 2.85. The lowest BCUT2D eigenvalue weighted by Gasteiger charge is -2.18. The summed E-state index contributed by atoms with van der Waals surface area (Å²) < 4.78 is 5.15. The number of carbonyl (C=O) groups is 1. The van der Waals surface area contributed by atoms with Gasteiger partial charge in [-0.15, -0.1) is 0 Å². The SMILES string of the molecule is COc1cc(C#N)ccc1NC(=O)CC(C)(C)C. The smallest absolute Gasteiger partial charge is 0.224 e. The molecule has 0 radical (unpaired) electrons. The zero-order chi connectivity index (χ0) is 13.8. The van der Waals surface area contributed by atoms with Crippen LogP contribution in [-0.4, -0.2) is 13.0 Å². The molecule has 1 aromatic rings. The molecule has 4 heteroatoms. The van der Waals surface area contributed by atoms with Crippen LogP contribution in [0, 0.1) is 16.7 Å². The number of amides is 1. The molecule has 18 heavy (non-hydrogen) atoms. The average molecular weight is 246 g/mol. The molecule has 1 rings (SSSR count). The van der Waals surface area contributed by atoms with E-state index in [1.165, 1.54) is 7.11 Å². The van der Waals surface area contributed by atoms with E-state index in [0.717, 1.165) is 0 Å². The van der Waals surface area contributed by atoms with E-state index >= 15 is 0 Å². The summed E-state index contributed by atoms with van der Waals surface area (Å²) in [6.07, 6.45) is 0.427. The number of rotatable bonds is 3. The third-order valence-corrected chi connectivity index (χ3v) is 2.30. The minimum Gasteiger partial charge on any atom is -0.495 e. The van der Waals surface area contributed by atoms with E-state index < -0.39 is 0 Å². The fraction of sp³-hybridized carbons (Fsp3) is 0.429. The first-order valence-electron chi connectivity index (χ1n) is 5.74. The van der Waals surface area contributed by atoms with Gasteiger partial charge in [0.25, 0.3) is 0 Å². The van der Waals surface area contributed by atoms with Crippen molar-refractivity contribution in [1.29, 1.82) is 5.26 Å². The topological polar surface area (TPSA) is 62.1 Å². The second-order valence-electron chi connectivity index (χ2n) is 5.31. The van der Waals surface area contributed by atoms with Gasteiger partial charge in [0, 0.05) is 12.5 Å². The number of nitriles is 1. The lowest BCUT2D eigenvalue weighted by atomic mass is 9.92. The Morgan fingerprint density at radius 3 is 2.61 bits per heavy atom. The highest BCUT2D eigenvalue weighted by atomic mass is 16.5. The van der Waals surface area contributed by atoms with E-state index in [1.54, 1.807) is 18.2 Å². The summed E-state index contributed by atoms with van der Waals surface area (Å²) in [5, 5.41) is 11.6. The predicted molar refractivity (Wildman–Crippen MR) is 70.4 cm³/mol. The lowest BCUT2D eigenvalue weighted by Crippen LogP contribution is -2.19. The van der Waals surface area contributed by atoms with Gasteiger partial charge in [-0.05, 0) is 17.5 Å². The molecular formula is C14H18N2O2. The van der Waals surface area contributed by atoms with E-state index in [9.17, 15) is 4.79 Å². The number of carbonyl (C=O) groups excluding carboxylic acids is 1. The molecule has 0 saturated carbocycles. The predicted octanol–water partition coefficient (Wildman–Crippen LogP) is 2.94. The molecule has 96 valence electrons. The number of nitrogens with zero attached hydrogens (tertiary/aromatic N) is 1. The van der Waals surface area contributed by atoms with Crippen LogP contribution in [0.4, 0.5) is 5.69 Å². The van der Waals surface area contributed by atoms with Crippen LogP contribution in [-0.2, 0) is 4.79 Å². The number of hydrogen-bond donors (Lipinski definition) is 1. The van der Waals surface area contributed by atoms with Crippen LogP contribution in [0.25, 0.3) is 0 Å². The molecule has 1 aromatic carbocycles. The van der Waals surface area contributed by atoms with Crippen LogP contribution in [0.2, 0.25) is 0 Å². The Morgan fingerprint density at radius 2 is 2.11 bits per heavy atom. The first kappa shape index (κ1) is 14.0. The summed E-state index contributed by atoms with van der Waals surface area (Å²) in [5.41, 5.74) is 1.02. The molecule has 1 amide bonds. The second kappa shape index (κ2) is 5.54. The lowest BCUT2D eigenvalue weighted by molar-refractivity contribution is -0.117. The molecule has 0 heterocycles. The quantitative estimate of drug-likeness (QED) is 0.891. The minimum absolute atomic E-state index is 0.0643. The normalized spacial score (nSPS) is 10.6. The van der Waals surface area contributed by atoms with Crippen molar-refractivity contribution in [3.8, 4) is 11.8 Å². The molecule has 0 atom stereocenters. The van der Waals surface area contributed by atoms with Gasteiger partial charge >= 0.3 is 0 Å². The maximum atomic E-state index is 11.8. The van der Waals surface area contributed by atoms with Gasteiger partial charge in [-0.2, -0.15) is 5.26 Å². The molecule has 0 fully saturated rings. The molecule has 1 N–H and O–H groups in total. The highest BCUT2D eigenvalue weighted by Gasteiger charge is 2.17. The number of ether oxygens (including phenoxy) is 1. The molecule has 0 aromatic heterocycles. The Hall–Kier alpha value is -2.02. The van der Waals surface area contributed by atoms with Crippen molar-refractivity contribution in [3.63, 3.8) is 0 Å². The van der Waals surface area contributed by atoms with Gasteiger partial charge in [-0.25, -0.2) is 0 Å². The van der Waals surface area contributed by atoms with E-state index in [1.807, 2.05) is 26.8 Å². The molecule has 0 spiro atoms. The van der Waals surface area contributed by atoms with Gasteiger partial charge in [0.05, 0.1) is 24.4 Å². The first-order chi connectivity index (χ1) is 8.35. The van der Waals surface area contributed by atoms with Crippen LogP contribution < -0.4 is 10.1 Å². The monoisotopic (exact) mass is 246 g/mol. The van der Waals surface area contributed by atoms with Crippen molar-refractivity contribution < 1.29 is 9.53 Å². The van der Waals surface area contributed by atoms with Crippen molar-refractivity contribution in [3.05, 3.63) is 23.8 Å². The van der Waals surface area contributed by atoms with Crippen molar-refractivity contribution >= 4 is 11.6 Å². The maximum absolute atomic E-state index is 11.8. The second-order valence-corrected chi connectivity index (χ2v) is 5.31. The van der Waals surface area contributed by atoms with Gasteiger partial charge in [0.15, 0.2) is 0 Å². The summed E-state index contributed by atoms with van der Waals surface area (Å²) in [4.78, 5) is 11.8. The molecule has 0 aliphatic rings. The number of methoxy groups -OCH3 is 1. The first-order valence-corrected chi connectivity index (χ1v) is 5.74. The molecule has 0 unspecified atom stereocenters. The highest BCUT2D eigenvalue weighted by molar-refractivity contribution is 5.92. The highest BCUT2D eigenvalue weighted by Crippen LogP contribution is 2.27. The van der Waals surface area contributed by atoms with Gasteiger partial charge in [-0.1, -0.05) is 20.8 Å². The van der Waals surface area contributed by atoms with Crippen LogP contribution in [0.5, 0.6) is 5.75 Å². The summed E-state index contributed by atoms with van der Waals surface area (Å²) >= 11 is 0.